The molecular weight excluding hydrogens is 411 g/mol. The van der Waals surface area contributed by atoms with E-state index in [0.717, 1.165) is 40.4 Å². The summed E-state index contributed by atoms with van der Waals surface area (Å²) in [6, 6.07) is 34.2. The van der Waals surface area contributed by atoms with Crippen molar-refractivity contribution in [2.45, 2.75) is 6.42 Å². The van der Waals surface area contributed by atoms with Crippen LogP contribution in [0.25, 0.3) is 0 Å². The van der Waals surface area contributed by atoms with Gasteiger partial charge in [-0.15, -0.1) is 0 Å². The molecule has 0 radical (unpaired) electrons. The Morgan fingerprint density at radius 2 is 1.30 bits per heavy atom. The van der Waals surface area contributed by atoms with Crippen molar-refractivity contribution >= 4 is 17.1 Å². The predicted molar refractivity (Wildman–Crippen MR) is 134 cm³/mol. The van der Waals surface area contributed by atoms with E-state index in [-0.39, 0.29) is 5.82 Å². The average molecular weight is 437 g/mol. The Morgan fingerprint density at radius 3 is 1.94 bits per heavy atom. The minimum absolute atomic E-state index is 0.282. The molecule has 3 nitrogen and oxygen atoms in total. The van der Waals surface area contributed by atoms with Gasteiger partial charge in [-0.25, -0.2) is 9.38 Å². The Morgan fingerprint density at radius 1 is 0.697 bits per heavy atom. The Hall–Kier alpha value is -4.05. The summed E-state index contributed by atoms with van der Waals surface area (Å²) in [5.74, 6) is 0.487. The molecular formula is C29H25FN2O. The van der Waals surface area contributed by atoms with Gasteiger partial charge in [0.2, 0.25) is 0 Å². The smallest absolute Gasteiger partial charge is 0.123 e. The molecule has 0 unspecified atom stereocenters. The first-order valence-electron chi connectivity index (χ1n) is 10.9. The third-order valence-electron chi connectivity index (χ3n) is 5.22. The van der Waals surface area contributed by atoms with Crippen LogP contribution in [0.5, 0.6) is 5.75 Å². The standard InChI is InChI=1S/C29H25FN2O/c1-33-27-18-16-26(17-19-27)32-29(23-10-6-3-7-11-23)28(24-12-14-25(30)15-13-24)31-21-20-22-8-4-2-5-9-22/h2-19H,20-21H2,1H3. The van der Waals surface area contributed by atoms with Gasteiger partial charge in [-0.3, -0.25) is 4.99 Å². The summed E-state index contributed by atoms with van der Waals surface area (Å²) in [6.07, 6.45) is 0.802. The molecule has 0 aliphatic rings. The Labute approximate surface area is 193 Å². The highest BCUT2D eigenvalue weighted by Gasteiger charge is 2.15. The summed E-state index contributed by atoms with van der Waals surface area (Å²) in [6.45, 7) is 0.588. The van der Waals surface area contributed by atoms with Crippen molar-refractivity contribution in [1.29, 1.82) is 0 Å². The summed E-state index contributed by atoms with van der Waals surface area (Å²) in [4.78, 5) is 9.93. The highest BCUT2D eigenvalue weighted by molar-refractivity contribution is 6.53. The molecule has 4 rings (SSSR count). The van der Waals surface area contributed by atoms with Crippen LogP contribution in [0.2, 0.25) is 0 Å². The maximum atomic E-state index is 13.7. The molecule has 0 fully saturated rings. The molecule has 164 valence electrons. The first-order valence-corrected chi connectivity index (χ1v) is 10.9. The van der Waals surface area contributed by atoms with Gasteiger partial charge in [-0.05, 0) is 60.5 Å². The molecule has 0 aromatic heterocycles. The van der Waals surface area contributed by atoms with E-state index in [9.17, 15) is 4.39 Å². The van der Waals surface area contributed by atoms with Crippen LogP contribution in [0.15, 0.2) is 119 Å². The van der Waals surface area contributed by atoms with Crippen molar-refractivity contribution in [3.63, 3.8) is 0 Å². The lowest BCUT2D eigenvalue weighted by atomic mass is 9.99. The monoisotopic (exact) mass is 436 g/mol. The van der Waals surface area contributed by atoms with Crippen LogP contribution >= 0.6 is 0 Å². The van der Waals surface area contributed by atoms with E-state index >= 15 is 0 Å². The number of rotatable bonds is 8. The van der Waals surface area contributed by atoms with Gasteiger partial charge in [-0.1, -0.05) is 60.7 Å². The zero-order chi connectivity index (χ0) is 22.9. The van der Waals surface area contributed by atoms with Crippen molar-refractivity contribution in [1.82, 2.24) is 0 Å². The van der Waals surface area contributed by atoms with Gasteiger partial charge in [0.1, 0.15) is 11.6 Å². The van der Waals surface area contributed by atoms with E-state index in [1.807, 2.05) is 72.8 Å². The molecule has 0 amide bonds. The summed E-state index contributed by atoms with van der Waals surface area (Å²) in [5.41, 5.74) is 5.23. The number of nitrogens with zero attached hydrogens (tertiary/aromatic N) is 2. The van der Waals surface area contributed by atoms with Crippen molar-refractivity contribution in [3.8, 4) is 5.75 Å². The van der Waals surface area contributed by atoms with E-state index < -0.39 is 0 Å². The fraction of sp³-hybridized carbons (Fsp3) is 0.103. The minimum atomic E-state index is -0.282. The van der Waals surface area contributed by atoms with E-state index in [0.29, 0.717) is 6.54 Å². The minimum Gasteiger partial charge on any atom is -0.497 e. The average Bonchev–Trinajstić information content (AvgIpc) is 2.88. The molecule has 0 atom stereocenters. The third kappa shape index (κ3) is 6.01. The summed E-state index contributed by atoms with van der Waals surface area (Å²) in [5, 5.41) is 0. The number of methoxy groups -OCH3 is 1. The van der Waals surface area contributed by atoms with Gasteiger partial charge < -0.3 is 4.74 Å². The number of benzene rings is 4. The van der Waals surface area contributed by atoms with E-state index in [4.69, 9.17) is 14.7 Å². The Bertz CT molecular complexity index is 1220. The van der Waals surface area contributed by atoms with Gasteiger partial charge >= 0.3 is 0 Å². The molecule has 4 aromatic rings. The lowest BCUT2D eigenvalue weighted by Gasteiger charge is -2.12. The molecule has 0 heterocycles. The maximum Gasteiger partial charge on any atom is 0.123 e. The lowest BCUT2D eigenvalue weighted by Crippen LogP contribution is -2.18. The maximum absolute atomic E-state index is 13.7. The third-order valence-corrected chi connectivity index (χ3v) is 5.22. The van der Waals surface area contributed by atoms with Crippen LogP contribution in [-0.2, 0) is 6.42 Å². The number of ether oxygens (including phenoxy) is 1. The predicted octanol–water partition coefficient (Wildman–Crippen LogP) is 6.69. The quantitative estimate of drug-likeness (QED) is 0.283. The number of aliphatic imine (C=N–C) groups is 2. The van der Waals surface area contributed by atoms with Gasteiger partial charge in [0, 0.05) is 17.7 Å². The molecule has 0 saturated heterocycles. The Kier molecular flexibility index (Phi) is 7.39. The fourth-order valence-corrected chi connectivity index (χ4v) is 3.49. The van der Waals surface area contributed by atoms with Gasteiger partial charge in [0.05, 0.1) is 24.2 Å². The highest BCUT2D eigenvalue weighted by atomic mass is 19.1. The van der Waals surface area contributed by atoms with Crippen LogP contribution in [-0.4, -0.2) is 25.1 Å². The molecule has 0 aliphatic heterocycles. The number of hydrogen-bond donors (Lipinski definition) is 0. The molecule has 4 heteroatoms. The topological polar surface area (TPSA) is 34.0 Å². The second-order valence-corrected chi connectivity index (χ2v) is 7.50. The van der Waals surface area contributed by atoms with Crippen molar-refractivity contribution in [3.05, 3.63) is 132 Å². The van der Waals surface area contributed by atoms with Crippen molar-refractivity contribution < 1.29 is 9.13 Å². The normalized spacial score (nSPS) is 11.9. The van der Waals surface area contributed by atoms with Gasteiger partial charge in [0.15, 0.2) is 0 Å². The summed E-state index contributed by atoms with van der Waals surface area (Å²) in [7, 11) is 1.64. The van der Waals surface area contributed by atoms with Crippen LogP contribution in [0.4, 0.5) is 10.1 Å². The van der Waals surface area contributed by atoms with Crippen LogP contribution < -0.4 is 4.74 Å². The second kappa shape index (κ2) is 11.0. The molecule has 0 spiro atoms. The highest BCUT2D eigenvalue weighted by Crippen LogP contribution is 2.21. The first kappa shape index (κ1) is 22.2. The van der Waals surface area contributed by atoms with E-state index in [1.54, 1.807) is 19.2 Å². The summed E-state index contributed by atoms with van der Waals surface area (Å²) < 4.78 is 19.0. The zero-order valence-corrected chi connectivity index (χ0v) is 18.5. The fourth-order valence-electron chi connectivity index (χ4n) is 3.49. The van der Waals surface area contributed by atoms with Crippen LogP contribution in [0.3, 0.4) is 0 Å². The second-order valence-electron chi connectivity index (χ2n) is 7.50. The number of halogens is 1. The van der Waals surface area contributed by atoms with Crippen LogP contribution in [0, 0.1) is 5.82 Å². The first-order chi connectivity index (χ1) is 16.2. The van der Waals surface area contributed by atoms with Crippen molar-refractivity contribution in [2.24, 2.45) is 9.98 Å². The SMILES string of the molecule is COc1ccc(N=C(C(=NCCc2ccccc2)c2ccc(F)cc2)c2ccccc2)cc1. The largest absolute Gasteiger partial charge is 0.497 e. The van der Waals surface area contributed by atoms with Crippen LogP contribution in [0.1, 0.15) is 16.7 Å². The van der Waals surface area contributed by atoms with Crippen molar-refractivity contribution in [2.75, 3.05) is 13.7 Å². The molecule has 4 aromatic carbocycles. The van der Waals surface area contributed by atoms with Gasteiger partial charge in [0.25, 0.3) is 0 Å². The Balaban J connectivity index is 1.78. The molecule has 0 N–H and O–H groups in total. The number of hydrogen-bond acceptors (Lipinski definition) is 3. The zero-order valence-electron chi connectivity index (χ0n) is 18.5. The molecule has 0 saturated carbocycles. The van der Waals surface area contributed by atoms with Gasteiger partial charge in [-0.2, -0.15) is 0 Å². The molecule has 33 heavy (non-hydrogen) atoms. The van der Waals surface area contributed by atoms with E-state index in [1.165, 1.54) is 17.7 Å². The van der Waals surface area contributed by atoms with E-state index in [2.05, 4.69) is 12.1 Å². The lowest BCUT2D eigenvalue weighted by molar-refractivity contribution is 0.415. The molecule has 0 bridgehead atoms. The summed E-state index contributed by atoms with van der Waals surface area (Å²) >= 11 is 0. The molecule has 0 aliphatic carbocycles.